The second-order valence-electron chi connectivity index (χ2n) is 3.24. The molecule has 0 fully saturated rings. The number of hydrogen-bond acceptors (Lipinski definition) is 4. The van der Waals surface area contributed by atoms with E-state index in [9.17, 15) is 0 Å². The Morgan fingerprint density at radius 2 is 1.93 bits per heavy atom. The van der Waals surface area contributed by atoms with Crippen molar-refractivity contribution in [2.75, 3.05) is 24.2 Å². The highest BCUT2D eigenvalue weighted by Gasteiger charge is 2.08. The molecule has 0 aliphatic carbocycles. The Morgan fingerprint density at radius 3 is 2.43 bits per heavy atom. The molecule has 1 aromatic carbocycles. The third kappa shape index (κ3) is 1.59. The molecule has 1 aliphatic rings. The van der Waals surface area contributed by atoms with Crippen molar-refractivity contribution in [1.29, 1.82) is 0 Å². The maximum atomic E-state index is 5.17. The molecule has 0 saturated heterocycles. The van der Waals surface area contributed by atoms with E-state index in [1.165, 1.54) is 5.69 Å². The van der Waals surface area contributed by atoms with Crippen LogP contribution in [0.5, 0.6) is 0 Å². The Hall–Kier alpha value is -1.84. The average Bonchev–Trinajstić information content (AvgIpc) is 2.71. The third-order valence-corrected chi connectivity index (χ3v) is 2.03. The molecule has 1 aliphatic heterocycles. The minimum absolute atomic E-state index is 0.973. The smallest absolute Gasteiger partial charge is 0.139 e. The van der Waals surface area contributed by atoms with Crippen molar-refractivity contribution in [2.24, 2.45) is 0 Å². The topological polar surface area (TPSA) is 27.7 Å². The fraction of sp³-hybridized carbons (Fsp3) is 0.200. The van der Waals surface area contributed by atoms with Gasteiger partial charge in [-0.05, 0) is 24.3 Å². The van der Waals surface area contributed by atoms with Gasteiger partial charge in [0.15, 0.2) is 0 Å². The van der Waals surface area contributed by atoms with Crippen LogP contribution < -0.4 is 15.5 Å². The number of nitrogens with one attached hydrogen (secondary N) is 1. The first-order valence-electron chi connectivity index (χ1n) is 4.43. The average molecular weight is 191 g/mol. The summed E-state index contributed by atoms with van der Waals surface area (Å²) in [5.41, 5.74) is 5.08. The summed E-state index contributed by atoms with van der Waals surface area (Å²) in [4.78, 5) is 7.22. The lowest BCUT2D eigenvalue weighted by Gasteiger charge is -2.18. The Labute approximate surface area is 83.3 Å². The summed E-state index contributed by atoms with van der Waals surface area (Å²) in [5.74, 6) is 0. The standard InChI is InChI=1S/C10H13N3O/c1-12(2)9-3-5-10(6-4-9)13-11-7-8-14-13/h3-8,11H,1-2H3. The van der Waals surface area contributed by atoms with E-state index < -0.39 is 0 Å². The quantitative estimate of drug-likeness (QED) is 0.766. The van der Waals surface area contributed by atoms with Crippen LogP contribution in [0.1, 0.15) is 0 Å². The zero-order valence-corrected chi connectivity index (χ0v) is 8.27. The monoisotopic (exact) mass is 191 g/mol. The van der Waals surface area contributed by atoms with Crippen molar-refractivity contribution >= 4 is 11.4 Å². The van der Waals surface area contributed by atoms with E-state index in [1.807, 2.05) is 38.4 Å². The molecule has 74 valence electrons. The first kappa shape index (κ1) is 8.74. The maximum absolute atomic E-state index is 5.17. The molecule has 4 heteroatoms. The van der Waals surface area contributed by atoms with Crippen molar-refractivity contribution < 1.29 is 4.84 Å². The van der Waals surface area contributed by atoms with Gasteiger partial charge in [0.2, 0.25) is 0 Å². The van der Waals surface area contributed by atoms with Gasteiger partial charge in [-0.2, -0.15) is 0 Å². The van der Waals surface area contributed by atoms with E-state index in [-0.39, 0.29) is 0 Å². The highest BCUT2D eigenvalue weighted by molar-refractivity contribution is 5.54. The van der Waals surface area contributed by atoms with Gasteiger partial charge >= 0.3 is 0 Å². The highest BCUT2D eigenvalue weighted by Crippen LogP contribution is 2.19. The van der Waals surface area contributed by atoms with Crippen LogP contribution in [0.15, 0.2) is 36.7 Å². The van der Waals surface area contributed by atoms with Gasteiger partial charge in [-0.25, -0.2) is 0 Å². The van der Waals surface area contributed by atoms with Gasteiger partial charge in [0.25, 0.3) is 0 Å². The summed E-state index contributed by atoms with van der Waals surface area (Å²) in [6, 6.07) is 8.07. The molecule has 0 bridgehead atoms. The molecule has 14 heavy (non-hydrogen) atoms. The van der Waals surface area contributed by atoms with Crippen LogP contribution in [0, 0.1) is 0 Å². The predicted molar refractivity (Wildman–Crippen MR) is 56.6 cm³/mol. The van der Waals surface area contributed by atoms with Crippen molar-refractivity contribution in [3.63, 3.8) is 0 Å². The van der Waals surface area contributed by atoms with Crippen LogP contribution in [0.4, 0.5) is 11.4 Å². The molecule has 0 radical (unpaired) electrons. The van der Waals surface area contributed by atoms with Crippen LogP contribution in [0.3, 0.4) is 0 Å². The van der Waals surface area contributed by atoms with E-state index in [1.54, 1.807) is 17.6 Å². The van der Waals surface area contributed by atoms with Gasteiger partial charge in [-0.15, -0.1) is 5.17 Å². The van der Waals surface area contributed by atoms with E-state index in [0.29, 0.717) is 0 Å². The minimum atomic E-state index is 0.973. The molecule has 0 saturated carbocycles. The molecule has 0 amide bonds. The third-order valence-electron chi connectivity index (χ3n) is 2.03. The summed E-state index contributed by atoms with van der Waals surface area (Å²) in [7, 11) is 4.03. The predicted octanol–water partition coefficient (Wildman–Crippen LogP) is 1.48. The molecule has 0 atom stereocenters. The fourth-order valence-corrected chi connectivity index (χ4v) is 1.24. The maximum Gasteiger partial charge on any atom is 0.139 e. The SMILES string of the molecule is CN(C)c1ccc(N2NC=CO2)cc1. The van der Waals surface area contributed by atoms with Crippen LogP contribution >= 0.6 is 0 Å². The second kappa shape index (κ2) is 3.49. The molecule has 1 heterocycles. The second-order valence-corrected chi connectivity index (χ2v) is 3.24. The Morgan fingerprint density at radius 1 is 1.21 bits per heavy atom. The van der Waals surface area contributed by atoms with Crippen molar-refractivity contribution in [3.8, 4) is 0 Å². The number of anilines is 2. The Bertz CT molecular complexity index is 324. The highest BCUT2D eigenvalue weighted by atomic mass is 16.7. The molecule has 2 rings (SSSR count). The zero-order chi connectivity index (χ0) is 9.97. The zero-order valence-electron chi connectivity index (χ0n) is 8.27. The van der Waals surface area contributed by atoms with E-state index in [2.05, 4.69) is 10.3 Å². The number of benzene rings is 1. The molecule has 0 aromatic heterocycles. The van der Waals surface area contributed by atoms with E-state index in [0.717, 1.165) is 5.69 Å². The summed E-state index contributed by atoms with van der Waals surface area (Å²) in [5, 5.41) is 1.60. The Kier molecular flexibility index (Phi) is 2.18. The van der Waals surface area contributed by atoms with Gasteiger partial charge in [0, 0.05) is 19.8 Å². The molecule has 1 aromatic rings. The van der Waals surface area contributed by atoms with Gasteiger partial charge in [0.1, 0.15) is 6.26 Å². The Balaban J connectivity index is 2.13. The van der Waals surface area contributed by atoms with Crippen molar-refractivity contribution in [1.82, 2.24) is 5.43 Å². The lowest BCUT2D eigenvalue weighted by atomic mass is 10.3. The van der Waals surface area contributed by atoms with Crippen LogP contribution in [0.2, 0.25) is 0 Å². The van der Waals surface area contributed by atoms with Crippen molar-refractivity contribution in [2.45, 2.75) is 0 Å². The lowest BCUT2D eigenvalue weighted by Crippen LogP contribution is -2.27. The summed E-state index contributed by atoms with van der Waals surface area (Å²) in [6.45, 7) is 0. The summed E-state index contributed by atoms with van der Waals surface area (Å²) >= 11 is 0. The van der Waals surface area contributed by atoms with Gasteiger partial charge in [0.05, 0.1) is 11.9 Å². The lowest BCUT2D eigenvalue weighted by molar-refractivity contribution is 0.221. The first-order chi connectivity index (χ1) is 6.77. The normalized spacial score (nSPS) is 13.7. The molecule has 1 N–H and O–H groups in total. The number of hydrogen-bond donors (Lipinski definition) is 1. The first-order valence-corrected chi connectivity index (χ1v) is 4.43. The molecular formula is C10H13N3O. The summed E-state index contributed by atoms with van der Waals surface area (Å²) < 4.78 is 0. The molecule has 0 unspecified atom stereocenters. The largest absolute Gasteiger partial charge is 0.378 e. The molecule has 4 nitrogen and oxygen atoms in total. The van der Waals surface area contributed by atoms with Gasteiger partial charge in [-0.3, -0.25) is 5.43 Å². The minimum Gasteiger partial charge on any atom is -0.378 e. The van der Waals surface area contributed by atoms with Gasteiger partial charge < -0.3 is 9.74 Å². The van der Waals surface area contributed by atoms with Crippen LogP contribution in [-0.2, 0) is 4.84 Å². The van der Waals surface area contributed by atoms with E-state index in [4.69, 9.17) is 4.84 Å². The van der Waals surface area contributed by atoms with Crippen molar-refractivity contribution in [3.05, 3.63) is 36.7 Å². The van der Waals surface area contributed by atoms with Crippen LogP contribution in [-0.4, -0.2) is 14.1 Å². The number of rotatable bonds is 2. The summed E-state index contributed by atoms with van der Waals surface area (Å²) in [6.07, 6.45) is 3.33. The number of hydrazine groups is 1. The fourth-order valence-electron chi connectivity index (χ4n) is 1.24. The molecule has 0 spiro atoms. The van der Waals surface area contributed by atoms with E-state index >= 15 is 0 Å². The van der Waals surface area contributed by atoms with Crippen LogP contribution in [0.25, 0.3) is 0 Å². The van der Waals surface area contributed by atoms with Gasteiger partial charge in [-0.1, -0.05) is 0 Å². The molecular weight excluding hydrogens is 178 g/mol. The number of nitrogens with zero attached hydrogens (tertiary/aromatic N) is 2.